The molecule has 0 amide bonds. The zero-order chi connectivity index (χ0) is 16.9. The summed E-state index contributed by atoms with van der Waals surface area (Å²) in [6.07, 6.45) is 1.19. The fourth-order valence-electron chi connectivity index (χ4n) is 3.45. The number of carbonyl (C=O) groups excluding carboxylic acids is 1. The second-order valence-corrected chi connectivity index (χ2v) is 7.09. The Hall–Kier alpha value is -2.83. The van der Waals surface area contributed by atoms with E-state index in [0.717, 1.165) is 17.7 Å². The molecule has 0 fully saturated rings. The summed E-state index contributed by atoms with van der Waals surface area (Å²) in [6.45, 7) is 4.14. The summed E-state index contributed by atoms with van der Waals surface area (Å²) in [6, 6.07) is 6.45. The lowest BCUT2D eigenvalue weighted by atomic mass is 9.73. The lowest BCUT2D eigenvalue weighted by molar-refractivity contribution is -0.118. The van der Waals surface area contributed by atoms with Crippen LogP contribution in [0.1, 0.15) is 38.3 Å². The van der Waals surface area contributed by atoms with Crippen molar-refractivity contribution in [3.8, 4) is 5.75 Å². The molecule has 0 saturated heterocycles. The molecule has 1 aliphatic heterocycles. The van der Waals surface area contributed by atoms with Gasteiger partial charge in [0.15, 0.2) is 5.78 Å². The summed E-state index contributed by atoms with van der Waals surface area (Å²) in [5.74, 6) is 1.14. The van der Waals surface area contributed by atoms with E-state index in [1.165, 1.54) is 0 Å². The number of hydrogen-bond acceptors (Lipinski definition) is 7. The van der Waals surface area contributed by atoms with Crippen molar-refractivity contribution in [1.29, 1.82) is 0 Å². The highest BCUT2D eigenvalue weighted by atomic mass is 16.6. The van der Waals surface area contributed by atoms with Crippen molar-refractivity contribution in [3.05, 3.63) is 41.1 Å². The molecular weight excluding hydrogens is 308 g/mol. The predicted molar refractivity (Wildman–Crippen MR) is 87.4 cm³/mol. The number of nitrogens with one attached hydrogen (secondary N) is 2. The zero-order valence-electron chi connectivity index (χ0n) is 13.5. The molecule has 7 nitrogen and oxygen atoms in total. The van der Waals surface area contributed by atoms with Crippen LogP contribution in [0.4, 0.5) is 11.6 Å². The first-order valence-electron chi connectivity index (χ1n) is 7.84. The van der Waals surface area contributed by atoms with Gasteiger partial charge in [-0.25, -0.2) is 4.63 Å². The lowest BCUT2D eigenvalue weighted by Crippen LogP contribution is -2.31. The van der Waals surface area contributed by atoms with Crippen molar-refractivity contribution in [3.63, 3.8) is 0 Å². The summed E-state index contributed by atoms with van der Waals surface area (Å²) >= 11 is 0. The molecule has 0 saturated carbocycles. The second kappa shape index (κ2) is 5.09. The van der Waals surface area contributed by atoms with E-state index in [1.54, 1.807) is 18.2 Å². The zero-order valence-corrected chi connectivity index (χ0v) is 13.5. The molecule has 1 aliphatic carbocycles. The molecular formula is C17H18N4O3. The van der Waals surface area contributed by atoms with Gasteiger partial charge < -0.3 is 15.7 Å². The molecule has 0 unspecified atom stereocenters. The van der Waals surface area contributed by atoms with Gasteiger partial charge in [-0.1, -0.05) is 26.0 Å². The van der Waals surface area contributed by atoms with Crippen LogP contribution in [-0.2, 0) is 4.79 Å². The van der Waals surface area contributed by atoms with Crippen LogP contribution in [-0.4, -0.2) is 21.2 Å². The molecule has 2 aliphatic rings. The molecule has 24 heavy (non-hydrogen) atoms. The number of aromatic hydroxyl groups is 1. The third-order valence-corrected chi connectivity index (χ3v) is 4.45. The maximum atomic E-state index is 12.9. The fourth-order valence-corrected chi connectivity index (χ4v) is 3.45. The second-order valence-electron chi connectivity index (χ2n) is 7.09. The topological polar surface area (TPSA) is 100 Å². The molecule has 4 rings (SSSR count). The number of aromatic nitrogens is 2. The van der Waals surface area contributed by atoms with E-state index in [4.69, 9.17) is 4.63 Å². The summed E-state index contributed by atoms with van der Waals surface area (Å²) < 4.78 is 4.81. The van der Waals surface area contributed by atoms with Crippen molar-refractivity contribution in [2.75, 3.05) is 10.6 Å². The van der Waals surface area contributed by atoms with Gasteiger partial charge in [-0.2, -0.15) is 0 Å². The number of rotatable bonds is 1. The largest absolute Gasteiger partial charge is 0.508 e. The van der Waals surface area contributed by atoms with Gasteiger partial charge in [-0.3, -0.25) is 4.79 Å². The number of Topliss-reactive ketones (excluding diaryl/α,β-unsaturated/α-hetero) is 1. The minimum atomic E-state index is -0.420. The van der Waals surface area contributed by atoms with Crippen molar-refractivity contribution in [2.24, 2.45) is 5.41 Å². The maximum absolute atomic E-state index is 12.9. The minimum absolute atomic E-state index is 0.0803. The summed E-state index contributed by atoms with van der Waals surface area (Å²) in [5.41, 5.74) is 2.15. The van der Waals surface area contributed by atoms with E-state index in [2.05, 4.69) is 34.8 Å². The third kappa shape index (κ3) is 2.42. The number of phenols is 1. The van der Waals surface area contributed by atoms with Crippen LogP contribution in [0.25, 0.3) is 0 Å². The smallest absolute Gasteiger partial charge is 0.219 e. The van der Waals surface area contributed by atoms with Crippen molar-refractivity contribution in [2.45, 2.75) is 32.7 Å². The fraction of sp³-hybridized carbons (Fsp3) is 0.353. The molecule has 1 aromatic carbocycles. The van der Waals surface area contributed by atoms with Gasteiger partial charge in [0.1, 0.15) is 5.75 Å². The average Bonchev–Trinajstić information content (AvgIpc) is 2.85. The van der Waals surface area contributed by atoms with E-state index < -0.39 is 6.04 Å². The third-order valence-electron chi connectivity index (χ3n) is 4.45. The van der Waals surface area contributed by atoms with E-state index in [-0.39, 0.29) is 16.9 Å². The number of anilines is 2. The van der Waals surface area contributed by atoms with Gasteiger partial charge in [-0.05, 0) is 39.8 Å². The van der Waals surface area contributed by atoms with Crippen LogP contribution in [0.5, 0.6) is 5.75 Å². The molecule has 0 radical (unpaired) electrons. The number of allylic oxidation sites excluding steroid dienone is 1. The van der Waals surface area contributed by atoms with Gasteiger partial charge in [0.2, 0.25) is 11.6 Å². The number of carbonyl (C=O) groups is 1. The quantitative estimate of drug-likeness (QED) is 0.740. The predicted octanol–water partition coefficient (Wildman–Crippen LogP) is 3.00. The Morgan fingerprint density at radius 2 is 2.04 bits per heavy atom. The van der Waals surface area contributed by atoms with E-state index in [0.29, 0.717) is 23.6 Å². The van der Waals surface area contributed by atoms with Gasteiger partial charge in [0, 0.05) is 17.7 Å². The number of nitrogens with zero attached hydrogens (tertiary/aromatic N) is 2. The first-order chi connectivity index (χ1) is 11.4. The van der Waals surface area contributed by atoms with Crippen LogP contribution in [0.15, 0.2) is 40.2 Å². The standard InChI is InChI=1S/C17H18N4O3/c1-17(2)7-11-13(12(23)8-17)14(9-4-3-5-10(22)6-9)19-16-15(18-11)20-24-21-16/h3-6,14,22H,7-8H2,1-2H3,(H,18,20)(H,19,21)/t14-/m1/s1. The van der Waals surface area contributed by atoms with Crippen LogP contribution in [0, 0.1) is 5.41 Å². The Balaban J connectivity index is 1.88. The highest BCUT2D eigenvalue weighted by molar-refractivity contribution is 6.00. The first kappa shape index (κ1) is 14.7. The first-order valence-corrected chi connectivity index (χ1v) is 7.84. The number of hydrogen-bond donors (Lipinski definition) is 3. The van der Waals surface area contributed by atoms with Crippen molar-refractivity contribution >= 4 is 17.4 Å². The Kier molecular flexibility index (Phi) is 3.13. The Morgan fingerprint density at radius 1 is 1.25 bits per heavy atom. The van der Waals surface area contributed by atoms with Gasteiger partial charge in [-0.15, -0.1) is 0 Å². The molecule has 3 N–H and O–H groups in total. The molecule has 2 heterocycles. The summed E-state index contributed by atoms with van der Waals surface area (Å²) in [7, 11) is 0. The summed E-state index contributed by atoms with van der Waals surface area (Å²) in [5, 5.41) is 24.0. The minimum Gasteiger partial charge on any atom is -0.508 e. The van der Waals surface area contributed by atoms with E-state index in [1.807, 2.05) is 6.07 Å². The molecule has 2 aromatic rings. The Labute approximate surface area is 138 Å². The average molecular weight is 326 g/mol. The van der Waals surface area contributed by atoms with Gasteiger partial charge in [0.25, 0.3) is 0 Å². The Morgan fingerprint density at radius 3 is 2.83 bits per heavy atom. The molecule has 1 atom stereocenters. The van der Waals surface area contributed by atoms with Crippen LogP contribution in [0.2, 0.25) is 0 Å². The van der Waals surface area contributed by atoms with Gasteiger partial charge >= 0.3 is 0 Å². The van der Waals surface area contributed by atoms with Gasteiger partial charge in [0.05, 0.1) is 6.04 Å². The van der Waals surface area contributed by atoms with Crippen molar-refractivity contribution < 1.29 is 14.5 Å². The highest BCUT2D eigenvalue weighted by Gasteiger charge is 2.39. The summed E-state index contributed by atoms with van der Waals surface area (Å²) in [4.78, 5) is 12.9. The molecule has 124 valence electrons. The number of benzene rings is 1. The number of phenolic OH excluding ortho intramolecular Hbond substituents is 1. The van der Waals surface area contributed by atoms with Crippen LogP contribution >= 0.6 is 0 Å². The number of fused-ring (bicyclic) bond motifs is 1. The SMILES string of the molecule is CC1(C)CC(=O)C2=C(C1)Nc1nonc1N[C@@H]2c1cccc(O)c1. The normalized spacial score (nSPS) is 22.1. The van der Waals surface area contributed by atoms with Crippen LogP contribution in [0.3, 0.4) is 0 Å². The monoisotopic (exact) mass is 326 g/mol. The highest BCUT2D eigenvalue weighted by Crippen LogP contribution is 2.44. The van der Waals surface area contributed by atoms with E-state index >= 15 is 0 Å². The maximum Gasteiger partial charge on any atom is 0.219 e. The Bertz CT molecular complexity index is 853. The molecule has 0 bridgehead atoms. The van der Waals surface area contributed by atoms with Crippen LogP contribution < -0.4 is 10.6 Å². The number of ketones is 1. The molecule has 0 spiro atoms. The molecule has 1 aromatic heterocycles. The molecule has 7 heteroatoms. The van der Waals surface area contributed by atoms with Crippen molar-refractivity contribution in [1.82, 2.24) is 10.3 Å². The lowest BCUT2D eigenvalue weighted by Gasteiger charge is -2.34. The van der Waals surface area contributed by atoms with E-state index in [9.17, 15) is 9.90 Å².